The summed E-state index contributed by atoms with van der Waals surface area (Å²) < 4.78 is 2.04. The van der Waals surface area contributed by atoms with E-state index in [0.717, 1.165) is 39.8 Å². The van der Waals surface area contributed by atoms with E-state index in [1.807, 2.05) is 104 Å². The van der Waals surface area contributed by atoms with Crippen LogP contribution in [0, 0.1) is 17.3 Å². The van der Waals surface area contributed by atoms with Crippen molar-refractivity contribution in [3.63, 3.8) is 0 Å². The van der Waals surface area contributed by atoms with Crippen LogP contribution in [0.4, 0.5) is 11.4 Å². The second kappa shape index (κ2) is 9.87. The summed E-state index contributed by atoms with van der Waals surface area (Å²) in [5.41, 5.74) is 4.47. The molecule has 2 heterocycles. The van der Waals surface area contributed by atoms with E-state index >= 15 is 0 Å². The molecular weight excluding hydrogens is 462 g/mol. The average Bonchev–Trinajstić information content (AvgIpc) is 3.23. The van der Waals surface area contributed by atoms with Gasteiger partial charge in [-0.05, 0) is 67.6 Å². The molecule has 190 valence electrons. The molecule has 6 nitrogen and oxygen atoms in total. The molecular formula is C31H33N3O3. The van der Waals surface area contributed by atoms with Crippen molar-refractivity contribution >= 4 is 34.1 Å². The lowest BCUT2D eigenvalue weighted by molar-refractivity contribution is -0.138. The van der Waals surface area contributed by atoms with Gasteiger partial charge in [0.15, 0.2) is 0 Å². The number of hydrogen-bond donors (Lipinski definition) is 3. The fraction of sp³-hybridized carbons (Fsp3) is 0.290. The summed E-state index contributed by atoms with van der Waals surface area (Å²) in [4.78, 5) is 27.2. The zero-order valence-electron chi connectivity index (χ0n) is 21.5. The summed E-state index contributed by atoms with van der Waals surface area (Å²) in [6.07, 6.45) is 3.32. The van der Waals surface area contributed by atoms with Crippen molar-refractivity contribution < 1.29 is 14.7 Å². The van der Waals surface area contributed by atoms with E-state index in [0.29, 0.717) is 12.1 Å². The molecule has 3 aromatic carbocycles. The van der Waals surface area contributed by atoms with E-state index in [2.05, 4.69) is 10.6 Å². The second-order valence-corrected chi connectivity index (χ2v) is 10.4. The fourth-order valence-electron chi connectivity index (χ4n) is 5.48. The standard InChI is InChI=1S/C31H33N3O3/c1-20(2)31(3,25-14-12-21-8-4-6-10-26(21)33-29(25)36)30(37)32-24-13-15-28-22(18-24)16-17-34(28)27-11-7-5-9-23(27)19-35/h4-11,13,15-18,20,25,35H,12,14,19H2,1-3H3,(H,32,37)(H,33,36)/t25-,31?/m0/s1. The highest BCUT2D eigenvalue weighted by atomic mass is 16.3. The van der Waals surface area contributed by atoms with Crippen LogP contribution in [-0.4, -0.2) is 21.5 Å². The number of aryl methyl sites for hydroxylation is 1. The Kier molecular flexibility index (Phi) is 6.61. The first-order chi connectivity index (χ1) is 17.8. The second-order valence-electron chi connectivity index (χ2n) is 10.4. The Hall–Kier alpha value is -3.90. The quantitative estimate of drug-likeness (QED) is 0.310. The van der Waals surface area contributed by atoms with E-state index in [1.54, 1.807) is 0 Å². The van der Waals surface area contributed by atoms with Crippen LogP contribution in [0.15, 0.2) is 79.0 Å². The molecule has 5 rings (SSSR count). The van der Waals surface area contributed by atoms with Crippen LogP contribution in [0.25, 0.3) is 16.6 Å². The van der Waals surface area contributed by atoms with Gasteiger partial charge >= 0.3 is 0 Å². The van der Waals surface area contributed by atoms with Crippen molar-refractivity contribution in [2.45, 2.75) is 40.2 Å². The molecule has 0 bridgehead atoms. The summed E-state index contributed by atoms with van der Waals surface area (Å²) in [6, 6.07) is 23.4. The van der Waals surface area contributed by atoms with Gasteiger partial charge in [-0.3, -0.25) is 9.59 Å². The highest BCUT2D eigenvalue weighted by Crippen LogP contribution is 2.42. The highest BCUT2D eigenvalue weighted by Gasteiger charge is 2.48. The molecule has 6 heteroatoms. The van der Waals surface area contributed by atoms with Crippen LogP contribution in [0.3, 0.4) is 0 Å². The number of fused-ring (bicyclic) bond motifs is 2. The molecule has 1 aliphatic rings. The number of amides is 2. The van der Waals surface area contributed by atoms with Crippen molar-refractivity contribution in [2.24, 2.45) is 17.3 Å². The Morgan fingerprint density at radius 1 is 1.11 bits per heavy atom. The lowest BCUT2D eigenvalue weighted by atomic mass is 9.66. The van der Waals surface area contributed by atoms with Gasteiger partial charge in [-0.1, -0.05) is 50.2 Å². The first-order valence-corrected chi connectivity index (χ1v) is 12.8. The van der Waals surface area contributed by atoms with Crippen LogP contribution in [0.1, 0.15) is 38.3 Å². The zero-order chi connectivity index (χ0) is 26.2. The van der Waals surface area contributed by atoms with Crippen LogP contribution in [-0.2, 0) is 22.6 Å². The molecule has 0 saturated carbocycles. The van der Waals surface area contributed by atoms with Gasteiger partial charge < -0.3 is 20.3 Å². The van der Waals surface area contributed by atoms with Crippen molar-refractivity contribution in [1.29, 1.82) is 0 Å². The molecule has 0 fully saturated rings. The predicted molar refractivity (Wildman–Crippen MR) is 148 cm³/mol. The summed E-state index contributed by atoms with van der Waals surface area (Å²) in [7, 11) is 0. The number of nitrogens with zero attached hydrogens (tertiary/aromatic N) is 1. The van der Waals surface area contributed by atoms with E-state index < -0.39 is 11.3 Å². The van der Waals surface area contributed by atoms with E-state index in [4.69, 9.17) is 0 Å². The smallest absolute Gasteiger partial charge is 0.231 e. The van der Waals surface area contributed by atoms with Gasteiger partial charge in [0.2, 0.25) is 11.8 Å². The molecule has 0 saturated heterocycles. The van der Waals surface area contributed by atoms with Gasteiger partial charge in [-0.15, -0.1) is 0 Å². The minimum absolute atomic E-state index is 0.0440. The first kappa shape index (κ1) is 24.8. The van der Waals surface area contributed by atoms with Gasteiger partial charge in [0, 0.05) is 28.5 Å². The monoisotopic (exact) mass is 495 g/mol. The summed E-state index contributed by atoms with van der Waals surface area (Å²) in [5.74, 6) is -0.770. The molecule has 1 aromatic heterocycles. The number of nitrogens with one attached hydrogen (secondary N) is 2. The van der Waals surface area contributed by atoms with Gasteiger partial charge in [0.25, 0.3) is 0 Å². The Bertz CT molecular complexity index is 1470. The lowest BCUT2D eigenvalue weighted by Gasteiger charge is -2.38. The third kappa shape index (κ3) is 4.42. The molecule has 2 atom stereocenters. The van der Waals surface area contributed by atoms with Crippen LogP contribution >= 0.6 is 0 Å². The number of anilines is 2. The number of para-hydroxylation sites is 2. The zero-order valence-corrected chi connectivity index (χ0v) is 21.5. The van der Waals surface area contributed by atoms with Crippen LogP contribution in [0.5, 0.6) is 0 Å². The van der Waals surface area contributed by atoms with Crippen molar-refractivity contribution in [3.05, 3.63) is 90.1 Å². The lowest BCUT2D eigenvalue weighted by Crippen LogP contribution is -2.48. The number of hydrogen-bond acceptors (Lipinski definition) is 3. The maximum Gasteiger partial charge on any atom is 0.231 e. The normalized spacial score (nSPS) is 17.1. The van der Waals surface area contributed by atoms with Gasteiger partial charge in [0.05, 0.1) is 29.1 Å². The molecule has 3 N–H and O–H groups in total. The predicted octanol–water partition coefficient (Wildman–Crippen LogP) is 5.92. The Balaban J connectivity index is 1.42. The molecule has 1 unspecified atom stereocenters. The Morgan fingerprint density at radius 2 is 1.86 bits per heavy atom. The van der Waals surface area contributed by atoms with Crippen molar-refractivity contribution in [1.82, 2.24) is 4.57 Å². The van der Waals surface area contributed by atoms with Crippen molar-refractivity contribution in [3.8, 4) is 5.69 Å². The average molecular weight is 496 g/mol. The van der Waals surface area contributed by atoms with Gasteiger partial charge in [-0.2, -0.15) is 0 Å². The number of carbonyl (C=O) groups excluding carboxylic acids is 2. The van der Waals surface area contributed by atoms with E-state index in [9.17, 15) is 14.7 Å². The van der Waals surface area contributed by atoms with E-state index in [1.165, 1.54) is 0 Å². The fourth-order valence-corrected chi connectivity index (χ4v) is 5.48. The van der Waals surface area contributed by atoms with Crippen LogP contribution in [0.2, 0.25) is 0 Å². The summed E-state index contributed by atoms with van der Waals surface area (Å²) in [6.45, 7) is 5.88. The molecule has 0 spiro atoms. The van der Waals surface area contributed by atoms with Gasteiger partial charge in [-0.25, -0.2) is 0 Å². The molecule has 1 aliphatic heterocycles. The third-order valence-corrected chi connectivity index (χ3v) is 8.08. The summed E-state index contributed by atoms with van der Waals surface area (Å²) >= 11 is 0. The number of aliphatic hydroxyl groups is 1. The summed E-state index contributed by atoms with van der Waals surface area (Å²) in [5, 5.41) is 16.9. The maximum atomic E-state index is 13.8. The molecule has 4 aromatic rings. The third-order valence-electron chi connectivity index (χ3n) is 8.08. The molecule has 37 heavy (non-hydrogen) atoms. The number of benzene rings is 3. The van der Waals surface area contributed by atoms with Crippen molar-refractivity contribution in [2.75, 3.05) is 10.6 Å². The highest BCUT2D eigenvalue weighted by molar-refractivity contribution is 6.03. The Morgan fingerprint density at radius 3 is 2.65 bits per heavy atom. The van der Waals surface area contributed by atoms with Crippen LogP contribution < -0.4 is 10.6 Å². The van der Waals surface area contributed by atoms with E-state index in [-0.39, 0.29) is 24.3 Å². The SMILES string of the molecule is CC(C)C(C)(C(=O)Nc1ccc2c(ccn2-c2ccccc2CO)c1)[C@H]1CCc2ccccc2NC1=O. The first-order valence-electron chi connectivity index (χ1n) is 12.8. The minimum atomic E-state index is -0.896. The Labute approximate surface area is 217 Å². The topological polar surface area (TPSA) is 83.4 Å². The minimum Gasteiger partial charge on any atom is -0.392 e. The van der Waals surface area contributed by atoms with Gasteiger partial charge in [0.1, 0.15) is 0 Å². The number of carbonyl (C=O) groups is 2. The molecule has 2 amide bonds. The largest absolute Gasteiger partial charge is 0.392 e. The number of aliphatic hydroxyl groups excluding tert-OH is 1. The number of aromatic nitrogens is 1. The maximum absolute atomic E-state index is 13.8. The molecule has 0 aliphatic carbocycles. The molecule has 0 radical (unpaired) electrons. The number of rotatable bonds is 6.